The molecule has 0 unspecified atom stereocenters. The fourth-order valence-electron chi connectivity index (χ4n) is 2.94. The van der Waals surface area contributed by atoms with E-state index in [1.807, 2.05) is 0 Å². The maximum atomic E-state index is 12.9. The molecule has 1 aliphatic rings. The summed E-state index contributed by atoms with van der Waals surface area (Å²) in [6, 6.07) is -0.777. The fraction of sp³-hybridized carbons (Fsp3) is 0.800. The van der Waals surface area contributed by atoms with Crippen molar-refractivity contribution in [1.82, 2.24) is 0 Å². The number of Topliss-reactive ketones (excluding diaryl/α,β-unsaturated/α-hetero) is 1. The molecule has 0 bridgehead atoms. The molecular formula is C20H34NO5+. The number of carbonyl (C=O) groups is 3. The van der Waals surface area contributed by atoms with E-state index in [1.54, 1.807) is 48.5 Å². The smallest absolute Gasteiger partial charge is 0.452 e. The summed E-state index contributed by atoms with van der Waals surface area (Å²) in [5, 5.41) is 0. The Morgan fingerprint density at radius 2 is 1.42 bits per heavy atom. The number of rotatable bonds is 4. The van der Waals surface area contributed by atoms with E-state index in [9.17, 15) is 14.4 Å². The van der Waals surface area contributed by atoms with Crippen LogP contribution in [0.2, 0.25) is 0 Å². The van der Waals surface area contributed by atoms with Gasteiger partial charge in [-0.3, -0.25) is 4.79 Å². The Morgan fingerprint density at radius 3 is 1.88 bits per heavy atom. The van der Waals surface area contributed by atoms with E-state index in [-0.39, 0.29) is 11.7 Å². The SMILES string of the molecule is C[C@H](C(=O)C1CCCCC1)[N+](=CC(=O)OC(C)(C)C)C(=O)OC(C)(C)C. The van der Waals surface area contributed by atoms with Gasteiger partial charge in [-0.15, -0.1) is 4.58 Å². The highest BCUT2D eigenvalue weighted by Crippen LogP contribution is 2.26. The van der Waals surface area contributed by atoms with Crippen LogP contribution in [-0.4, -0.2) is 45.9 Å². The van der Waals surface area contributed by atoms with Crippen LogP contribution in [0.15, 0.2) is 0 Å². The highest BCUT2D eigenvalue weighted by molar-refractivity contribution is 6.22. The van der Waals surface area contributed by atoms with Crippen LogP contribution in [-0.2, 0) is 19.1 Å². The highest BCUT2D eigenvalue weighted by Gasteiger charge is 2.39. The molecule has 0 heterocycles. The first kappa shape index (κ1) is 22.3. The number of ketones is 1. The first-order valence-corrected chi connectivity index (χ1v) is 9.43. The molecule has 0 saturated heterocycles. The summed E-state index contributed by atoms with van der Waals surface area (Å²) in [7, 11) is 0. The van der Waals surface area contributed by atoms with Gasteiger partial charge in [-0.1, -0.05) is 19.3 Å². The molecule has 1 rings (SSSR count). The Morgan fingerprint density at radius 1 is 0.923 bits per heavy atom. The molecule has 1 aliphatic carbocycles. The van der Waals surface area contributed by atoms with Gasteiger partial charge in [0, 0.05) is 12.8 Å². The van der Waals surface area contributed by atoms with Crippen molar-refractivity contribution < 1.29 is 28.4 Å². The maximum absolute atomic E-state index is 12.9. The number of esters is 1. The van der Waals surface area contributed by atoms with Gasteiger partial charge < -0.3 is 9.47 Å². The molecule has 6 heteroatoms. The average molecular weight is 368 g/mol. The molecule has 0 aromatic heterocycles. The van der Waals surface area contributed by atoms with Crippen LogP contribution in [0.5, 0.6) is 0 Å². The van der Waals surface area contributed by atoms with Crippen LogP contribution in [0, 0.1) is 5.92 Å². The van der Waals surface area contributed by atoms with Crippen molar-refractivity contribution in [3.05, 3.63) is 0 Å². The molecule has 1 atom stereocenters. The number of carbonyl (C=O) groups excluding carboxylic acids is 3. The summed E-state index contributed by atoms with van der Waals surface area (Å²) in [5.74, 6) is -0.780. The first-order chi connectivity index (χ1) is 11.8. The van der Waals surface area contributed by atoms with Gasteiger partial charge in [0.1, 0.15) is 11.2 Å². The van der Waals surface area contributed by atoms with E-state index in [4.69, 9.17) is 9.47 Å². The van der Waals surface area contributed by atoms with Crippen LogP contribution in [0.4, 0.5) is 4.79 Å². The van der Waals surface area contributed by atoms with Gasteiger partial charge in [-0.2, -0.15) is 4.79 Å². The molecule has 1 fully saturated rings. The van der Waals surface area contributed by atoms with Gasteiger partial charge in [0.15, 0.2) is 0 Å². The van der Waals surface area contributed by atoms with Crippen molar-refractivity contribution >= 4 is 24.1 Å². The van der Waals surface area contributed by atoms with Crippen molar-refractivity contribution in [2.24, 2.45) is 5.92 Å². The summed E-state index contributed by atoms with van der Waals surface area (Å²) < 4.78 is 11.7. The Balaban J connectivity index is 3.07. The van der Waals surface area contributed by atoms with Gasteiger partial charge in [-0.05, 0) is 54.4 Å². The van der Waals surface area contributed by atoms with E-state index in [2.05, 4.69) is 0 Å². The van der Waals surface area contributed by atoms with Crippen LogP contribution in [0.1, 0.15) is 80.6 Å². The van der Waals surface area contributed by atoms with E-state index < -0.39 is 29.3 Å². The van der Waals surface area contributed by atoms with Gasteiger partial charge in [-0.25, -0.2) is 4.79 Å². The van der Waals surface area contributed by atoms with E-state index in [0.29, 0.717) is 0 Å². The molecule has 148 valence electrons. The zero-order valence-corrected chi connectivity index (χ0v) is 17.3. The van der Waals surface area contributed by atoms with Gasteiger partial charge in [0.25, 0.3) is 6.21 Å². The fourth-order valence-corrected chi connectivity index (χ4v) is 2.94. The zero-order chi connectivity index (χ0) is 20.1. The first-order valence-electron chi connectivity index (χ1n) is 9.43. The van der Waals surface area contributed by atoms with Crippen LogP contribution in [0.25, 0.3) is 0 Å². The van der Waals surface area contributed by atoms with Crippen LogP contribution < -0.4 is 0 Å². The number of hydrogen-bond donors (Lipinski definition) is 0. The molecule has 0 radical (unpaired) electrons. The Hall–Kier alpha value is -1.72. The third kappa shape index (κ3) is 7.67. The number of amides is 1. The lowest BCUT2D eigenvalue weighted by Crippen LogP contribution is -2.44. The van der Waals surface area contributed by atoms with Crippen molar-refractivity contribution in [3.8, 4) is 0 Å². The van der Waals surface area contributed by atoms with Gasteiger partial charge >= 0.3 is 12.1 Å². The molecule has 26 heavy (non-hydrogen) atoms. The standard InChI is InChI=1S/C20H34NO5/c1-14(17(23)15-11-9-8-10-12-15)21(18(24)26-20(5,6)7)13-16(22)25-19(2,3)4/h13-15H,8-12H2,1-7H3/q+1/t14-/m1/s1. The summed E-state index contributed by atoms with van der Waals surface area (Å²) in [6.07, 6.45) is 5.16. The summed E-state index contributed by atoms with van der Waals surface area (Å²) in [5.41, 5.74) is -1.42. The number of hydrogen-bond acceptors (Lipinski definition) is 5. The van der Waals surface area contributed by atoms with Crippen LogP contribution in [0.3, 0.4) is 0 Å². The van der Waals surface area contributed by atoms with E-state index in [1.165, 1.54) is 0 Å². The molecule has 0 aromatic rings. The normalized spacial score (nSPS) is 18.2. The van der Waals surface area contributed by atoms with Gasteiger partial charge in [0.2, 0.25) is 11.8 Å². The predicted molar refractivity (Wildman–Crippen MR) is 99.4 cm³/mol. The minimum absolute atomic E-state index is 0.0321. The molecule has 1 saturated carbocycles. The Labute approximate surface area is 156 Å². The van der Waals surface area contributed by atoms with Crippen molar-refractivity contribution in [2.45, 2.75) is 97.8 Å². The number of ether oxygens (including phenoxy) is 2. The summed E-state index contributed by atoms with van der Waals surface area (Å²) >= 11 is 0. The highest BCUT2D eigenvalue weighted by atomic mass is 16.6. The van der Waals surface area contributed by atoms with Gasteiger partial charge in [0.05, 0.1) is 0 Å². The molecule has 0 aromatic carbocycles. The van der Waals surface area contributed by atoms with Crippen molar-refractivity contribution in [2.75, 3.05) is 0 Å². The Kier molecular flexibility index (Phi) is 7.54. The second kappa shape index (κ2) is 8.78. The molecule has 1 amide bonds. The summed E-state index contributed by atoms with van der Waals surface area (Å²) in [6.45, 7) is 12.1. The monoisotopic (exact) mass is 368 g/mol. The minimum Gasteiger partial charge on any atom is -0.452 e. The molecule has 0 aliphatic heterocycles. The molecule has 0 spiro atoms. The van der Waals surface area contributed by atoms with Crippen molar-refractivity contribution in [3.63, 3.8) is 0 Å². The quantitative estimate of drug-likeness (QED) is 0.428. The lowest BCUT2D eigenvalue weighted by atomic mass is 9.84. The summed E-state index contributed by atoms with van der Waals surface area (Å²) in [4.78, 5) is 37.7. The maximum Gasteiger partial charge on any atom is 0.597 e. The zero-order valence-electron chi connectivity index (χ0n) is 17.3. The largest absolute Gasteiger partial charge is 0.597 e. The second-order valence-corrected chi connectivity index (χ2v) is 8.96. The van der Waals surface area contributed by atoms with Crippen molar-refractivity contribution in [1.29, 1.82) is 0 Å². The lowest BCUT2D eigenvalue weighted by Gasteiger charge is -2.23. The predicted octanol–water partition coefficient (Wildman–Crippen LogP) is 3.88. The second-order valence-electron chi connectivity index (χ2n) is 8.96. The average Bonchev–Trinajstić information content (AvgIpc) is 2.48. The number of nitrogens with zero attached hydrogens (tertiary/aromatic N) is 1. The Bertz CT molecular complexity index is 560. The lowest BCUT2D eigenvalue weighted by molar-refractivity contribution is -0.469. The van der Waals surface area contributed by atoms with E-state index >= 15 is 0 Å². The third-order valence-corrected chi connectivity index (χ3v) is 4.09. The van der Waals surface area contributed by atoms with Crippen LogP contribution >= 0.6 is 0 Å². The topological polar surface area (TPSA) is 72.7 Å². The molecule has 0 N–H and O–H groups in total. The minimum atomic E-state index is -0.777. The molecular weight excluding hydrogens is 334 g/mol. The van der Waals surface area contributed by atoms with E-state index in [0.717, 1.165) is 42.9 Å². The molecule has 6 nitrogen and oxygen atoms in total. The third-order valence-electron chi connectivity index (χ3n) is 4.09.